The molecule has 1 aromatic heterocycles. The van der Waals surface area contributed by atoms with Crippen molar-refractivity contribution in [3.05, 3.63) is 27.4 Å². The van der Waals surface area contributed by atoms with Gasteiger partial charge in [0, 0.05) is 32.2 Å². The van der Waals surface area contributed by atoms with E-state index in [1.165, 1.54) is 16.4 Å². The molecule has 10 heteroatoms. The maximum atomic E-state index is 11.4. The molecule has 2 heterocycles. The van der Waals surface area contributed by atoms with Crippen LogP contribution in [-0.4, -0.2) is 55.1 Å². The van der Waals surface area contributed by atoms with Gasteiger partial charge in [-0.2, -0.15) is 4.31 Å². The summed E-state index contributed by atoms with van der Waals surface area (Å²) in [5, 5.41) is 11.2. The number of halogens is 1. The van der Waals surface area contributed by atoms with E-state index in [0.29, 0.717) is 13.1 Å². The van der Waals surface area contributed by atoms with Gasteiger partial charge in [0.2, 0.25) is 15.8 Å². The number of aromatic nitrogens is 1. The average Bonchev–Trinajstić information content (AvgIpc) is 2.37. The van der Waals surface area contributed by atoms with Crippen molar-refractivity contribution < 1.29 is 13.3 Å². The van der Waals surface area contributed by atoms with E-state index in [1.54, 1.807) is 4.90 Å². The fourth-order valence-corrected chi connectivity index (χ4v) is 2.99. The first-order valence-corrected chi connectivity index (χ1v) is 8.02. The quantitative estimate of drug-likeness (QED) is 0.462. The number of hydrogen-bond acceptors (Lipinski definition) is 6. The molecule has 0 unspecified atom stereocenters. The Morgan fingerprint density at radius 1 is 1.30 bits per heavy atom. The Morgan fingerprint density at radius 3 is 2.40 bits per heavy atom. The van der Waals surface area contributed by atoms with Crippen LogP contribution in [-0.2, 0) is 10.0 Å². The number of hydrogen-bond donors (Lipinski definition) is 0. The Hall–Kier alpha value is -1.45. The fourth-order valence-electron chi connectivity index (χ4n) is 2.02. The molecule has 0 aliphatic carbocycles. The molecule has 1 saturated heterocycles. The highest BCUT2D eigenvalue weighted by Crippen LogP contribution is 2.28. The van der Waals surface area contributed by atoms with E-state index in [1.807, 2.05) is 0 Å². The predicted molar refractivity (Wildman–Crippen MR) is 74.5 cm³/mol. The fraction of sp³-hybridized carbons (Fsp3) is 0.500. The lowest BCUT2D eigenvalue weighted by Crippen LogP contribution is -2.48. The third kappa shape index (κ3) is 3.17. The van der Waals surface area contributed by atoms with E-state index in [4.69, 9.17) is 11.6 Å². The molecular formula is C10H13ClN4O4S. The van der Waals surface area contributed by atoms with Gasteiger partial charge in [-0.1, -0.05) is 11.6 Å². The van der Waals surface area contributed by atoms with E-state index in [2.05, 4.69) is 4.98 Å². The van der Waals surface area contributed by atoms with Gasteiger partial charge in [-0.3, -0.25) is 10.1 Å². The molecule has 1 aliphatic heterocycles. The molecule has 1 aromatic rings. The van der Waals surface area contributed by atoms with Crippen LogP contribution < -0.4 is 4.90 Å². The molecule has 0 radical (unpaired) electrons. The summed E-state index contributed by atoms with van der Waals surface area (Å²) >= 11 is 5.78. The highest BCUT2D eigenvalue weighted by Gasteiger charge is 2.28. The summed E-state index contributed by atoms with van der Waals surface area (Å²) in [5.74, 6) is 0.177. The summed E-state index contributed by atoms with van der Waals surface area (Å²) < 4.78 is 24.2. The van der Waals surface area contributed by atoms with E-state index in [9.17, 15) is 18.5 Å². The number of anilines is 1. The molecule has 2 rings (SSSR count). The Labute approximate surface area is 121 Å². The Bertz CT molecular complexity index is 628. The molecule has 1 aliphatic rings. The van der Waals surface area contributed by atoms with Gasteiger partial charge in [-0.05, 0) is 6.07 Å². The molecule has 0 aromatic carbocycles. The number of rotatable bonds is 3. The minimum Gasteiger partial charge on any atom is -0.348 e. The van der Waals surface area contributed by atoms with Crippen LogP contribution in [0.1, 0.15) is 0 Å². The highest BCUT2D eigenvalue weighted by molar-refractivity contribution is 7.88. The summed E-state index contributed by atoms with van der Waals surface area (Å²) in [4.78, 5) is 16.1. The number of sulfonamides is 1. The first-order valence-electron chi connectivity index (χ1n) is 5.80. The lowest BCUT2D eigenvalue weighted by Gasteiger charge is -2.33. The number of piperazine rings is 1. The van der Waals surface area contributed by atoms with Crippen LogP contribution in [0.4, 0.5) is 11.5 Å². The predicted octanol–water partition coefficient (Wildman–Crippen LogP) is 0.725. The number of nitro groups is 1. The van der Waals surface area contributed by atoms with Gasteiger partial charge < -0.3 is 4.90 Å². The minimum absolute atomic E-state index is 0.137. The second kappa shape index (κ2) is 5.51. The summed E-state index contributed by atoms with van der Waals surface area (Å²) in [6.45, 7) is 1.21. The van der Waals surface area contributed by atoms with Crippen molar-refractivity contribution >= 4 is 33.1 Å². The minimum atomic E-state index is -3.24. The smallest absolute Gasteiger partial charge is 0.311 e. The number of pyridine rings is 1. The van der Waals surface area contributed by atoms with Crippen molar-refractivity contribution in [3.63, 3.8) is 0 Å². The van der Waals surface area contributed by atoms with Gasteiger partial charge in [0.1, 0.15) is 5.15 Å². The van der Waals surface area contributed by atoms with Gasteiger partial charge in [0.15, 0.2) is 0 Å². The Morgan fingerprint density at radius 2 is 1.90 bits per heavy atom. The second-order valence-electron chi connectivity index (χ2n) is 4.38. The molecule has 0 bridgehead atoms. The van der Waals surface area contributed by atoms with E-state index >= 15 is 0 Å². The van der Waals surface area contributed by atoms with Crippen molar-refractivity contribution in [1.29, 1.82) is 0 Å². The third-order valence-electron chi connectivity index (χ3n) is 3.02. The summed E-state index contributed by atoms with van der Waals surface area (Å²) in [6.07, 6.45) is 1.14. The molecule has 20 heavy (non-hydrogen) atoms. The normalized spacial score (nSPS) is 17.2. The maximum absolute atomic E-state index is 11.4. The Kier molecular flexibility index (Phi) is 4.11. The van der Waals surface area contributed by atoms with Gasteiger partial charge in [0.25, 0.3) is 0 Å². The van der Waals surface area contributed by atoms with Crippen molar-refractivity contribution in [2.75, 3.05) is 37.3 Å². The maximum Gasteiger partial charge on any atom is 0.311 e. The summed E-state index contributed by atoms with van der Waals surface area (Å²) in [5.41, 5.74) is -0.137. The van der Waals surface area contributed by atoms with Crippen LogP contribution in [0.3, 0.4) is 0 Å². The van der Waals surface area contributed by atoms with Crippen LogP contribution in [0.5, 0.6) is 0 Å². The van der Waals surface area contributed by atoms with E-state index in [0.717, 1.165) is 6.26 Å². The molecule has 0 N–H and O–H groups in total. The molecule has 1 fully saturated rings. The molecule has 110 valence electrons. The molecule has 0 amide bonds. The highest BCUT2D eigenvalue weighted by atomic mass is 35.5. The van der Waals surface area contributed by atoms with Crippen molar-refractivity contribution in [3.8, 4) is 0 Å². The zero-order valence-electron chi connectivity index (χ0n) is 10.7. The SMILES string of the molecule is CS(=O)(=O)N1CCN(c2nc(Cl)ccc2[N+](=O)[O-])CC1. The average molecular weight is 321 g/mol. The molecule has 0 atom stereocenters. The van der Waals surface area contributed by atoms with Crippen LogP contribution in [0.2, 0.25) is 5.15 Å². The molecule has 0 spiro atoms. The van der Waals surface area contributed by atoms with Crippen molar-refractivity contribution in [2.24, 2.45) is 0 Å². The third-order valence-corrected chi connectivity index (χ3v) is 4.54. The second-order valence-corrected chi connectivity index (χ2v) is 6.75. The van der Waals surface area contributed by atoms with Crippen LogP contribution in [0.15, 0.2) is 12.1 Å². The summed E-state index contributed by atoms with van der Waals surface area (Å²) in [7, 11) is -3.24. The molecule has 0 saturated carbocycles. The standard InChI is InChI=1S/C10H13ClN4O4S/c1-20(18,19)14-6-4-13(5-7-14)10-8(15(16)17)2-3-9(11)12-10/h2-3H,4-7H2,1H3. The molecular weight excluding hydrogens is 308 g/mol. The zero-order valence-corrected chi connectivity index (χ0v) is 12.3. The lowest BCUT2D eigenvalue weighted by molar-refractivity contribution is -0.384. The first kappa shape index (κ1) is 14.9. The van der Waals surface area contributed by atoms with Crippen LogP contribution in [0, 0.1) is 10.1 Å². The van der Waals surface area contributed by atoms with Crippen molar-refractivity contribution in [1.82, 2.24) is 9.29 Å². The van der Waals surface area contributed by atoms with Gasteiger partial charge in [0.05, 0.1) is 11.2 Å². The summed E-state index contributed by atoms with van der Waals surface area (Å²) in [6, 6.07) is 2.66. The molecule has 8 nitrogen and oxygen atoms in total. The lowest BCUT2D eigenvalue weighted by atomic mass is 10.3. The first-order chi connectivity index (χ1) is 9.29. The van der Waals surface area contributed by atoms with Gasteiger partial charge in [-0.15, -0.1) is 0 Å². The van der Waals surface area contributed by atoms with E-state index in [-0.39, 0.29) is 29.7 Å². The van der Waals surface area contributed by atoms with Crippen LogP contribution >= 0.6 is 11.6 Å². The Balaban J connectivity index is 2.22. The topological polar surface area (TPSA) is 96.7 Å². The van der Waals surface area contributed by atoms with Crippen molar-refractivity contribution in [2.45, 2.75) is 0 Å². The van der Waals surface area contributed by atoms with Gasteiger partial charge >= 0.3 is 5.69 Å². The zero-order chi connectivity index (χ0) is 14.9. The van der Waals surface area contributed by atoms with E-state index < -0.39 is 14.9 Å². The van der Waals surface area contributed by atoms with Gasteiger partial charge in [-0.25, -0.2) is 13.4 Å². The monoisotopic (exact) mass is 320 g/mol. The largest absolute Gasteiger partial charge is 0.348 e. The van der Waals surface area contributed by atoms with Crippen LogP contribution in [0.25, 0.3) is 0 Å². The number of nitrogens with zero attached hydrogens (tertiary/aromatic N) is 4.